The predicted octanol–water partition coefficient (Wildman–Crippen LogP) is 2.57. The molecule has 6 heteroatoms. The summed E-state index contributed by atoms with van der Waals surface area (Å²) in [6, 6.07) is 7.64. The number of anilines is 2. The molecule has 0 aliphatic carbocycles. The molecule has 0 atom stereocenters. The molecule has 0 spiro atoms. The van der Waals surface area contributed by atoms with E-state index < -0.39 is 0 Å². The number of likely N-dealkylation sites (N-methyl/N-ethyl adjacent to an activating group) is 1. The van der Waals surface area contributed by atoms with Gasteiger partial charge in [0.05, 0.1) is 0 Å². The van der Waals surface area contributed by atoms with Crippen LogP contribution in [0.15, 0.2) is 30.5 Å². The minimum Gasteiger partial charge on any atom is -0.353 e. The number of para-hydroxylation sites is 1. The van der Waals surface area contributed by atoms with Crippen molar-refractivity contribution in [2.24, 2.45) is 0 Å². The fraction of sp³-hybridized carbons (Fsp3) is 0.389. The first-order valence-corrected chi connectivity index (χ1v) is 8.12. The third kappa shape index (κ3) is 4.76. The predicted molar refractivity (Wildman–Crippen MR) is 97.6 cm³/mol. The van der Waals surface area contributed by atoms with Crippen LogP contribution in [0.25, 0.3) is 0 Å². The van der Waals surface area contributed by atoms with E-state index in [4.69, 9.17) is 0 Å². The molecule has 0 bridgehead atoms. The van der Waals surface area contributed by atoms with Gasteiger partial charge in [0.15, 0.2) is 0 Å². The fourth-order valence-corrected chi connectivity index (χ4v) is 2.34. The summed E-state index contributed by atoms with van der Waals surface area (Å²) in [5.74, 6) is 0.238. The number of benzene rings is 1. The van der Waals surface area contributed by atoms with Crippen LogP contribution < -0.4 is 10.6 Å². The Morgan fingerprint density at radius 3 is 2.75 bits per heavy atom. The van der Waals surface area contributed by atoms with Crippen molar-refractivity contribution < 1.29 is 4.79 Å². The first-order valence-electron chi connectivity index (χ1n) is 8.12. The van der Waals surface area contributed by atoms with Gasteiger partial charge in [0.25, 0.3) is 5.91 Å². The minimum atomic E-state index is -0.225. The molecule has 0 saturated heterocycles. The van der Waals surface area contributed by atoms with Gasteiger partial charge < -0.3 is 15.5 Å². The second kappa shape index (κ2) is 8.40. The van der Waals surface area contributed by atoms with Crippen molar-refractivity contribution in [1.82, 2.24) is 14.9 Å². The van der Waals surface area contributed by atoms with Crippen LogP contribution in [0, 0.1) is 6.92 Å². The van der Waals surface area contributed by atoms with Gasteiger partial charge in [0.1, 0.15) is 5.69 Å². The summed E-state index contributed by atoms with van der Waals surface area (Å²) in [5, 5.41) is 6.11. The first-order chi connectivity index (χ1) is 11.5. The SMILES string of the molecule is CCc1cccc(C)c1NC(=O)c1ccnc(NCCN(C)C)n1. The number of carbonyl (C=O) groups is 1. The van der Waals surface area contributed by atoms with Crippen LogP contribution >= 0.6 is 0 Å². The van der Waals surface area contributed by atoms with Gasteiger partial charge in [0, 0.05) is 25.0 Å². The van der Waals surface area contributed by atoms with Crippen LogP contribution in [0.3, 0.4) is 0 Å². The number of hydrogen-bond donors (Lipinski definition) is 2. The maximum Gasteiger partial charge on any atom is 0.274 e. The van der Waals surface area contributed by atoms with E-state index >= 15 is 0 Å². The zero-order valence-electron chi connectivity index (χ0n) is 14.8. The van der Waals surface area contributed by atoms with Crippen molar-refractivity contribution in [3.8, 4) is 0 Å². The van der Waals surface area contributed by atoms with Gasteiger partial charge >= 0.3 is 0 Å². The van der Waals surface area contributed by atoms with E-state index in [9.17, 15) is 4.79 Å². The van der Waals surface area contributed by atoms with Crippen LogP contribution in [-0.2, 0) is 6.42 Å². The lowest BCUT2D eigenvalue weighted by Gasteiger charge is -2.13. The fourth-order valence-electron chi connectivity index (χ4n) is 2.34. The second-order valence-electron chi connectivity index (χ2n) is 5.91. The molecule has 1 heterocycles. The van der Waals surface area contributed by atoms with Crippen LogP contribution in [0.5, 0.6) is 0 Å². The summed E-state index contributed by atoms with van der Waals surface area (Å²) in [5.41, 5.74) is 3.37. The van der Waals surface area contributed by atoms with Crippen LogP contribution in [-0.4, -0.2) is 48.0 Å². The molecule has 1 aromatic carbocycles. The van der Waals surface area contributed by atoms with Gasteiger partial charge in [-0.05, 0) is 44.6 Å². The second-order valence-corrected chi connectivity index (χ2v) is 5.91. The molecule has 2 N–H and O–H groups in total. The smallest absolute Gasteiger partial charge is 0.274 e. The lowest BCUT2D eigenvalue weighted by molar-refractivity contribution is 0.102. The molecule has 1 amide bonds. The quantitative estimate of drug-likeness (QED) is 0.818. The molecule has 128 valence electrons. The topological polar surface area (TPSA) is 70.2 Å². The van der Waals surface area contributed by atoms with Crippen molar-refractivity contribution in [2.75, 3.05) is 37.8 Å². The molecule has 6 nitrogen and oxygen atoms in total. The number of amides is 1. The molecule has 1 aromatic heterocycles. The highest BCUT2D eigenvalue weighted by Crippen LogP contribution is 2.21. The third-order valence-electron chi connectivity index (χ3n) is 3.71. The minimum absolute atomic E-state index is 0.225. The van der Waals surface area contributed by atoms with Crippen molar-refractivity contribution >= 4 is 17.5 Å². The molecule has 0 unspecified atom stereocenters. The molecule has 2 rings (SSSR count). The Bertz CT molecular complexity index is 700. The van der Waals surface area contributed by atoms with Crippen molar-refractivity contribution in [1.29, 1.82) is 0 Å². The molecular weight excluding hydrogens is 302 g/mol. The molecule has 2 aromatic rings. The standard InChI is InChI=1S/C18H25N5O/c1-5-14-8-6-7-13(2)16(14)22-17(24)15-9-10-19-18(21-15)20-11-12-23(3)4/h6-10H,5,11-12H2,1-4H3,(H,22,24)(H,19,20,21). The van der Waals surface area contributed by atoms with Gasteiger partial charge in [-0.15, -0.1) is 0 Å². The molecule has 24 heavy (non-hydrogen) atoms. The van der Waals surface area contributed by atoms with E-state index in [0.717, 1.165) is 36.3 Å². The molecule has 0 fully saturated rings. The number of carbonyl (C=O) groups excluding carboxylic acids is 1. The Labute approximate surface area is 143 Å². The van der Waals surface area contributed by atoms with Crippen LogP contribution in [0.1, 0.15) is 28.5 Å². The summed E-state index contributed by atoms with van der Waals surface area (Å²) < 4.78 is 0. The zero-order valence-corrected chi connectivity index (χ0v) is 14.8. The summed E-state index contributed by atoms with van der Waals surface area (Å²) in [4.78, 5) is 23.0. The summed E-state index contributed by atoms with van der Waals surface area (Å²) in [6.45, 7) is 5.64. The highest BCUT2D eigenvalue weighted by atomic mass is 16.1. The number of rotatable bonds is 7. The van der Waals surface area contributed by atoms with Gasteiger partial charge in [0.2, 0.25) is 5.95 Å². The van der Waals surface area contributed by atoms with E-state index in [1.54, 1.807) is 12.3 Å². The number of aryl methyl sites for hydroxylation is 2. The maximum atomic E-state index is 12.5. The van der Waals surface area contributed by atoms with Crippen LogP contribution in [0.4, 0.5) is 11.6 Å². The maximum absolute atomic E-state index is 12.5. The Morgan fingerprint density at radius 2 is 2.04 bits per heavy atom. The van der Waals surface area contributed by atoms with E-state index in [1.807, 2.05) is 39.2 Å². The third-order valence-corrected chi connectivity index (χ3v) is 3.71. The number of aromatic nitrogens is 2. The molecule has 0 saturated carbocycles. The number of nitrogens with one attached hydrogen (secondary N) is 2. The molecule has 0 aliphatic rings. The Morgan fingerprint density at radius 1 is 1.25 bits per heavy atom. The van der Waals surface area contributed by atoms with E-state index in [-0.39, 0.29) is 5.91 Å². The first kappa shape index (κ1) is 17.9. The highest BCUT2D eigenvalue weighted by Gasteiger charge is 2.12. The van der Waals surface area contributed by atoms with Crippen LogP contribution in [0.2, 0.25) is 0 Å². The summed E-state index contributed by atoms with van der Waals surface area (Å²) >= 11 is 0. The monoisotopic (exact) mass is 327 g/mol. The highest BCUT2D eigenvalue weighted by molar-refractivity contribution is 6.03. The Balaban J connectivity index is 2.10. The van der Waals surface area contributed by atoms with Gasteiger partial charge in [-0.3, -0.25) is 4.79 Å². The molecule has 0 aliphatic heterocycles. The van der Waals surface area contributed by atoms with E-state index in [2.05, 4.69) is 32.4 Å². The normalized spacial score (nSPS) is 10.7. The molecular formula is C18H25N5O. The summed E-state index contributed by atoms with van der Waals surface area (Å²) in [7, 11) is 4.00. The number of nitrogens with zero attached hydrogens (tertiary/aromatic N) is 3. The van der Waals surface area contributed by atoms with Crippen molar-refractivity contribution in [2.45, 2.75) is 20.3 Å². The summed E-state index contributed by atoms with van der Waals surface area (Å²) in [6.07, 6.45) is 2.46. The Kier molecular flexibility index (Phi) is 6.26. The number of hydrogen-bond acceptors (Lipinski definition) is 5. The van der Waals surface area contributed by atoms with Gasteiger partial charge in [-0.25, -0.2) is 9.97 Å². The van der Waals surface area contributed by atoms with Crippen molar-refractivity contribution in [3.63, 3.8) is 0 Å². The average Bonchev–Trinajstić information content (AvgIpc) is 2.56. The lowest BCUT2D eigenvalue weighted by Crippen LogP contribution is -2.22. The van der Waals surface area contributed by atoms with Gasteiger partial charge in [-0.2, -0.15) is 0 Å². The van der Waals surface area contributed by atoms with E-state index in [1.165, 1.54) is 0 Å². The Hall–Kier alpha value is -2.47. The van der Waals surface area contributed by atoms with Gasteiger partial charge in [-0.1, -0.05) is 25.1 Å². The van der Waals surface area contributed by atoms with E-state index in [0.29, 0.717) is 11.6 Å². The zero-order chi connectivity index (χ0) is 17.5. The average molecular weight is 327 g/mol. The molecule has 0 radical (unpaired) electrons. The lowest BCUT2D eigenvalue weighted by atomic mass is 10.1. The largest absolute Gasteiger partial charge is 0.353 e. The van der Waals surface area contributed by atoms with Crippen molar-refractivity contribution in [3.05, 3.63) is 47.3 Å².